The molecule has 3 atom stereocenters. The van der Waals surface area contributed by atoms with E-state index in [1.165, 1.54) is 6.42 Å². The van der Waals surface area contributed by atoms with Crippen molar-refractivity contribution >= 4 is 0 Å². The third-order valence-corrected chi connectivity index (χ3v) is 4.70. The molecule has 1 aliphatic rings. The first-order valence-corrected chi connectivity index (χ1v) is 6.42. The summed E-state index contributed by atoms with van der Waals surface area (Å²) in [5.74, 6) is 0. The molecule has 1 rings (SSSR count). The van der Waals surface area contributed by atoms with Gasteiger partial charge in [-0.15, -0.1) is 0 Å². The average Bonchev–Trinajstić information content (AvgIpc) is 2.26. The number of hydrogen-bond donors (Lipinski definition) is 1. The quantitative estimate of drug-likeness (QED) is 0.777. The summed E-state index contributed by atoms with van der Waals surface area (Å²) in [5.41, 5.74) is 0.152. The molecule has 96 valence electrons. The van der Waals surface area contributed by atoms with Gasteiger partial charge in [0.15, 0.2) is 0 Å². The first-order chi connectivity index (χ1) is 7.32. The predicted molar refractivity (Wildman–Crippen MR) is 68.6 cm³/mol. The summed E-state index contributed by atoms with van der Waals surface area (Å²) in [4.78, 5) is 4.92. The van der Waals surface area contributed by atoms with Crippen LogP contribution in [0.5, 0.6) is 0 Å². The highest BCUT2D eigenvalue weighted by molar-refractivity contribution is 4.98. The van der Waals surface area contributed by atoms with Gasteiger partial charge in [0.2, 0.25) is 0 Å². The number of rotatable bonds is 2. The Balaban J connectivity index is 2.96. The van der Waals surface area contributed by atoms with E-state index in [2.05, 4.69) is 51.5 Å². The summed E-state index contributed by atoms with van der Waals surface area (Å²) < 4.78 is 0. The summed E-state index contributed by atoms with van der Waals surface area (Å²) in [6.07, 6.45) is 1.17. The predicted octanol–water partition coefficient (Wildman–Crippen LogP) is 1.56. The molecule has 0 radical (unpaired) electrons. The number of aliphatic hydroxyl groups excluding tert-OH is 1. The molecule has 0 amide bonds. The van der Waals surface area contributed by atoms with Gasteiger partial charge in [0.05, 0.1) is 6.61 Å². The number of nitrogens with zero attached hydrogens (tertiary/aromatic N) is 2. The average molecular weight is 228 g/mol. The van der Waals surface area contributed by atoms with E-state index in [-0.39, 0.29) is 12.1 Å². The van der Waals surface area contributed by atoms with Gasteiger partial charge in [0, 0.05) is 30.2 Å². The molecule has 1 aliphatic heterocycles. The van der Waals surface area contributed by atoms with E-state index in [0.717, 1.165) is 6.54 Å². The lowest BCUT2D eigenvalue weighted by atomic mass is 9.92. The molecule has 1 fully saturated rings. The molecule has 0 saturated carbocycles. The zero-order chi connectivity index (χ0) is 12.5. The fraction of sp³-hybridized carbons (Fsp3) is 1.00. The SMILES string of the molecule is CC1CC(C)N(C)C(C)(C)C(C)N1CCO. The normalized spacial score (nSPS) is 37.3. The van der Waals surface area contributed by atoms with Crippen molar-refractivity contribution in [2.75, 3.05) is 20.2 Å². The van der Waals surface area contributed by atoms with Gasteiger partial charge in [-0.05, 0) is 48.1 Å². The Morgan fingerprint density at radius 1 is 1.19 bits per heavy atom. The minimum atomic E-state index is 0.152. The molecular weight excluding hydrogens is 200 g/mol. The summed E-state index contributed by atoms with van der Waals surface area (Å²) in [5, 5.41) is 9.19. The Morgan fingerprint density at radius 2 is 1.75 bits per heavy atom. The minimum absolute atomic E-state index is 0.152. The zero-order valence-corrected chi connectivity index (χ0v) is 11.7. The summed E-state index contributed by atoms with van der Waals surface area (Å²) in [6.45, 7) is 12.5. The van der Waals surface area contributed by atoms with Crippen LogP contribution in [0.1, 0.15) is 41.0 Å². The second kappa shape index (κ2) is 5.03. The summed E-state index contributed by atoms with van der Waals surface area (Å²) in [6, 6.07) is 1.60. The van der Waals surface area contributed by atoms with Crippen LogP contribution in [0.15, 0.2) is 0 Å². The maximum Gasteiger partial charge on any atom is 0.0558 e. The highest BCUT2D eigenvalue weighted by Crippen LogP contribution is 2.31. The second-order valence-corrected chi connectivity index (χ2v) is 5.84. The Bertz CT molecular complexity index is 230. The topological polar surface area (TPSA) is 26.7 Å². The van der Waals surface area contributed by atoms with Crippen molar-refractivity contribution < 1.29 is 5.11 Å². The molecule has 3 nitrogen and oxygen atoms in total. The fourth-order valence-electron chi connectivity index (χ4n) is 2.97. The van der Waals surface area contributed by atoms with Gasteiger partial charge in [-0.1, -0.05) is 0 Å². The van der Waals surface area contributed by atoms with Gasteiger partial charge in [0.25, 0.3) is 0 Å². The maximum absolute atomic E-state index is 9.19. The van der Waals surface area contributed by atoms with Crippen molar-refractivity contribution in [2.24, 2.45) is 0 Å². The zero-order valence-electron chi connectivity index (χ0n) is 11.7. The van der Waals surface area contributed by atoms with E-state index in [4.69, 9.17) is 0 Å². The van der Waals surface area contributed by atoms with Gasteiger partial charge in [0.1, 0.15) is 0 Å². The lowest BCUT2D eigenvalue weighted by Crippen LogP contribution is -2.56. The molecule has 0 bridgehead atoms. The van der Waals surface area contributed by atoms with Crippen LogP contribution in [-0.4, -0.2) is 58.8 Å². The van der Waals surface area contributed by atoms with Crippen LogP contribution in [-0.2, 0) is 0 Å². The van der Waals surface area contributed by atoms with E-state index < -0.39 is 0 Å². The summed E-state index contributed by atoms with van der Waals surface area (Å²) >= 11 is 0. The molecule has 0 aromatic heterocycles. The third-order valence-electron chi connectivity index (χ3n) is 4.70. The molecule has 16 heavy (non-hydrogen) atoms. The molecule has 1 N–H and O–H groups in total. The molecule has 3 unspecified atom stereocenters. The Morgan fingerprint density at radius 3 is 2.25 bits per heavy atom. The molecule has 0 spiro atoms. The van der Waals surface area contributed by atoms with Crippen molar-refractivity contribution in [3.63, 3.8) is 0 Å². The largest absolute Gasteiger partial charge is 0.395 e. The van der Waals surface area contributed by atoms with Gasteiger partial charge in [-0.3, -0.25) is 9.80 Å². The first kappa shape index (κ1) is 13.9. The van der Waals surface area contributed by atoms with Crippen molar-refractivity contribution in [3.05, 3.63) is 0 Å². The van der Waals surface area contributed by atoms with Crippen LogP contribution in [0.25, 0.3) is 0 Å². The van der Waals surface area contributed by atoms with Crippen LogP contribution in [0.4, 0.5) is 0 Å². The molecule has 3 heteroatoms. The van der Waals surface area contributed by atoms with Crippen LogP contribution in [0.2, 0.25) is 0 Å². The monoisotopic (exact) mass is 228 g/mol. The first-order valence-electron chi connectivity index (χ1n) is 6.42. The lowest BCUT2D eigenvalue weighted by molar-refractivity contribution is 0.0389. The van der Waals surface area contributed by atoms with Gasteiger partial charge in [-0.25, -0.2) is 0 Å². The van der Waals surface area contributed by atoms with E-state index in [9.17, 15) is 5.11 Å². The summed E-state index contributed by atoms with van der Waals surface area (Å²) in [7, 11) is 2.22. The Labute approximate surface area is 100 Å². The molecule has 0 aromatic carbocycles. The van der Waals surface area contributed by atoms with E-state index in [1.54, 1.807) is 0 Å². The van der Waals surface area contributed by atoms with Crippen molar-refractivity contribution in [3.8, 4) is 0 Å². The minimum Gasteiger partial charge on any atom is -0.395 e. The number of hydrogen-bond acceptors (Lipinski definition) is 3. The van der Waals surface area contributed by atoms with E-state index in [1.807, 2.05) is 0 Å². The molecule has 1 heterocycles. The third kappa shape index (κ3) is 2.41. The highest BCUT2D eigenvalue weighted by atomic mass is 16.3. The van der Waals surface area contributed by atoms with Crippen LogP contribution in [0, 0.1) is 0 Å². The lowest BCUT2D eigenvalue weighted by Gasteiger charge is -2.45. The standard InChI is InChI=1S/C13H28N2O/c1-10-9-11(2)15(7-8-16)12(3)13(4,5)14(10)6/h10-12,16H,7-9H2,1-6H3. The second-order valence-electron chi connectivity index (χ2n) is 5.84. The van der Waals surface area contributed by atoms with Crippen molar-refractivity contribution in [1.29, 1.82) is 0 Å². The Hall–Kier alpha value is -0.120. The highest BCUT2D eigenvalue weighted by Gasteiger charge is 2.41. The van der Waals surface area contributed by atoms with Gasteiger partial charge >= 0.3 is 0 Å². The van der Waals surface area contributed by atoms with E-state index in [0.29, 0.717) is 18.1 Å². The van der Waals surface area contributed by atoms with Crippen LogP contribution in [0.3, 0.4) is 0 Å². The molecule has 0 aliphatic carbocycles. The molecule has 0 aromatic rings. The number of likely N-dealkylation sites (N-methyl/N-ethyl adjacent to an activating group) is 1. The van der Waals surface area contributed by atoms with Gasteiger partial charge in [-0.2, -0.15) is 0 Å². The van der Waals surface area contributed by atoms with Crippen molar-refractivity contribution in [2.45, 2.75) is 64.7 Å². The van der Waals surface area contributed by atoms with E-state index >= 15 is 0 Å². The number of aliphatic hydroxyl groups is 1. The molecular formula is C13H28N2O. The van der Waals surface area contributed by atoms with Crippen LogP contribution < -0.4 is 0 Å². The van der Waals surface area contributed by atoms with Crippen LogP contribution >= 0.6 is 0 Å². The smallest absolute Gasteiger partial charge is 0.0558 e. The molecule has 1 saturated heterocycles. The van der Waals surface area contributed by atoms with Gasteiger partial charge < -0.3 is 5.11 Å². The Kier molecular flexibility index (Phi) is 4.38. The van der Waals surface area contributed by atoms with Crippen molar-refractivity contribution in [1.82, 2.24) is 9.80 Å². The fourth-order valence-corrected chi connectivity index (χ4v) is 2.97. The maximum atomic E-state index is 9.19. The number of β-amino-alcohol motifs (C(OH)–C–C–N with tert-alkyl or cyclic N) is 1.